The molecule has 0 fully saturated rings. The first-order valence-corrected chi connectivity index (χ1v) is 9.32. The van der Waals surface area contributed by atoms with Gasteiger partial charge in [-0.3, -0.25) is 14.6 Å². The molecule has 1 heterocycles. The average Bonchev–Trinajstić information content (AvgIpc) is 2.73. The molecule has 29 heavy (non-hydrogen) atoms. The molecule has 6 heteroatoms. The molecule has 0 aliphatic carbocycles. The van der Waals surface area contributed by atoms with Crippen LogP contribution < -0.4 is 10.6 Å². The fourth-order valence-corrected chi connectivity index (χ4v) is 2.92. The number of carbonyl (C=O) groups excluding carboxylic acids is 2. The Kier molecular flexibility index (Phi) is 6.34. The van der Waals surface area contributed by atoms with Crippen molar-refractivity contribution in [2.75, 3.05) is 5.32 Å². The number of anilines is 1. The highest BCUT2D eigenvalue weighted by Gasteiger charge is 2.14. The Hall–Kier alpha value is -3.54. The molecule has 1 aromatic heterocycles. The van der Waals surface area contributed by atoms with E-state index in [0.717, 1.165) is 11.3 Å². The summed E-state index contributed by atoms with van der Waals surface area (Å²) < 4.78 is 13.7. The second kappa shape index (κ2) is 9.10. The van der Waals surface area contributed by atoms with E-state index >= 15 is 0 Å². The third kappa shape index (κ3) is 5.04. The molecule has 0 spiro atoms. The van der Waals surface area contributed by atoms with E-state index in [1.165, 1.54) is 24.5 Å². The van der Waals surface area contributed by atoms with Gasteiger partial charge in [0.25, 0.3) is 11.8 Å². The zero-order chi connectivity index (χ0) is 20.8. The molecule has 2 amide bonds. The fourth-order valence-electron chi connectivity index (χ4n) is 2.92. The number of carbonyl (C=O) groups is 2. The Bertz CT molecular complexity index is 1030. The number of rotatable bonds is 6. The van der Waals surface area contributed by atoms with Crippen molar-refractivity contribution in [3.05, 3.63) is 95.1 Å². The zero-order valence-corrected chi connectivity index (χ0v) is 16.3. The molecular formula is C23H22FN3O2. The summed E-state index contributed by atoms with van der Waals surface area (Å²) in [6.45, 7) is 4.14. The van der Waals surface area contributed by atoms with Gasteiger partial charge in [-0.05, 0) is 29.7 Å². The summed E-state index contributed by atoms with van der Waals surface area (Å²) >= 11 is 0. The number of hydrogen-bond acceptors (Lipinski definition) is 3. The van der Waals surface area contributed by atoms with Gasteiger partial charge in [0.2, 0.25) is 0 Å². The van der Waals surface area contributed by atoms with E-state index in [1.54, 1.807) is 18.2 Å². The van der Waals surface area contributed by atoms with Gasteiger partial charge < -0.3 is 10.6 Å². The predicted octanol–water partition coefficient (Wildman–Crippen LogP) is 4.53. The van der Waals surface area contributed by atoms with Crippen molar-refractivity contribution in [1.29, 1.82) is 0 Å². The maximum atomic E-state index is 13.7. The Morgan fingerprint density at radius 2 is 1.62 bits per heavy atom. The van der Waals surface area contributed by atoms with Crippen LogP contribution in [-0.2, 0) is 6.54 Å². The van der Waals surface area contributed by atoms with E-state index in [9.17, 15) is 14.0 Å². The second-order valence-corrected chi connectivity index (χ2v) is 6.93. The van der Waals surface area contributed by atoms with E-state index in [1.807, 2.05) is 38.1 Å². The summed E-state index contributed by atoms with van der Waals surface area (Å²) in [4.78, 5) is 29.1. The summed E-state index contributed by atoms with van der Waals surface area (Å²) in [5.74, 6) is -0.921. The molecule has 0 aliphatic rings. The van der Waals surface area contributed by atoms with Crippen LogP contribution >= 0.6 is 0 Å². The minimum atomic E-state index is -0.432. The lowest BCUT2D eigenvalue weighted by Crippen LogP contribution is -2.24. The number of pyridine rings is 1. The van der Waals surface area contributed by atoms with Crippen LogP contribution in [0.5, 0.6) is 0 Å². The maximum Gasteiger partial charge on any atom is 0.257 e. The van der Waals surface area contributed by atoms with Gasteiger partial charge in [0.15, 0.2) is 0 Å². The standard InChI is InChI=1S/C23H22FN3O2/c1-15(2)19-8-4-6-10-21(19)27-23(29)18-11-17(12-25-13-18)22(28)26-14-16-7-3-5-9-20(16)24/h3-13,15H,14H2,1-2H3,(H,26,28)(H,27,29). The normalized spacial score (nSPS) is 10.6. The molecule has 3 rings (SSSR count). The molecule has 2 N–H and O–H groups in total. The number of hydrogen-bond donors (Lipinski definition) is 2. The third-order valence-corrected chi connectivity index (χ3v) is 4.49. The fraction of sp³-hybridized carbons (Fsp3) is 0.174. The van der Waals surface area contributed by atoms with Crippen molar-refractivity contribution in [3.63, 3.8) is 0 Å². The third-order valence-electron chi connectivity index (χ3n) is 4.49. The molecular weight excluding hydrogens is 369 g/mol. The number of halogens is 1. The summed E-state index contributed by atoms with van der Waals surface area (Å²) in [7, 11) is 0. The van der Waals surface area contributed by atoms with Gasteiger partial charge in [-0.1, -0.05) is 50.2 Å². The monoisotopic (exact) mass is 391 g/mol. The van der Waals surface area contributed by atoms with Gasteiger partial charge in [-0.25, -0.2) is 4.39 Å². The minimum absolute atomic E-state index is 0.0453. The lowest BCUT2D eigenvalue weighted by atomic mass is 10.0. The number of benzene rings is 2. The van der Waals surface area contributed by atoms with Crippen molar-refractivity contribution >= 4 is 17.5 Å². The molecule has 0 unspecified atom stereocenters. The zero-order valence-electron chi connectivity index (χ0n) is 16.3. The topological polar surface area (TPSA) is 71.1 Å². The highest BCUT2D eigenvalue weighted by Crippen LogP contribution is 2.24. The van der Waals surface area contributed by atoms with Gasteiger partial charge in [0, 0.05) is 30.2 Å². The summed E-state index contributed by atoms with van der Waals surface area (Å²) in [5, 5.41) is 5.52. The Morgan fingerprint density at radius 3 is 2.34 bits per heavy atom. The highest BCUT2D eigenvalue weighted by molar-refractivity contribution is 6.06. The Labute approximate surface area is 169 Å². The second-order valence-electron chi connectivity index (χ2n) is 6.93. The Balaban J connectivity index is 1.71. The summed E-state index contributed by atoms with van der Waals surface area (Å²) in [5.41, 5.74) is 2.62. The van der Waals surface area contributed by atoms with Gasteiger partial charge in [-0.15, -0.1) is 0 Å². The molecule has 0 bridgehead atoms. The summed E-state index contributed by atoms with van der Waals surface area (Å²) in [6.07, 6.45) is 2.77. The smallest absolute Gasteiger partial charge is 0.257 e. The molecule has 3 aromatic rings. The van der Waals surface area contributed by atoms with Crippen LogP contribution in [0, 0.1) is 5.82 Å². The van der Waals surface area contributed by atoms with E-state index in [0.29, 0.717) is 5.56 Å². The van der Waals surface area contributed by atoms with Gasteiger partial charge in [0.05, 0.1) is 11.1 Å². The van der Waals surface area contributed by atoms with Crippen molar-refractivity contribution in [3.8, 4) is 0 Å². The molecule has 0 aliphatic heterocycles. The minimum Gasteiger partial charge on any atom is -0.348 e. The van der Waals surface area contributed by atoms with Crippen molar-refractivity contribution in [1.82, 2.24) is 10.3 Å². The first kappa shape index (κ1) is 20.2. The molecule has 0 radical (unpaired) electrons. The molecule has 5 nitrogen and oxygen atoms in total. The first-order chi connectivity index (χ1) is 14.0. The highest BCUT2D eigenvalue weighted by atomic mass is 19.1. The van der Waals surface area contributed by atoms with E-state index in [-0.39, 0.29) is 35.3 Å². The van der Waals surface area contributed by atoms with Gasteiger partial charge >= 0.3 is 0 Å². The number of para-hydroxylation sites is 1. The SMILES string of the molecule is CC(C)c1ccccc1NC(=O)c1cncc(C(=O)NCc2ccccc2F)c1. The van der Waals surface area contributed by atoms with E-state index < -0.39 is 5.91 Å². The average molecular weight is 391 g/mol. The molecule has 0 atom stereocenters. The predicted molar refractivity (Wildman–Crippen MR) is 110 cm³/mol. The maximum absolute atomic E-state index is 13.7. The molecule has 0 saturated heterocycles. The number of nitrogens with one attached hydrogen (secondary N) is 2. The molecule has 2 aromatic carbocycles. The summed E-state index contributed by atoms with van der Waals surface area (Å²) in [6, 6.07) is 15.3. The van der Waals surface area contributed by atoms with Crippen molar-refractivity contribution in [2.45, 2.75) is 26.3 Å². The van der Waals surface area contributed by atoms with Gasteiger partial charge in [0.1, 0.15) is 5.82 Å². The quantitative estimate of drug-likeness (QED) is 0.649. The molecule has 148 valence electrons. The van der Waals surface area contributed by atoms with Crippen LogP contribution in [0.3, 0.4) is 0 Å². The lowest BCUT2D eigenvalue weighted by molar-refractivity contribution is 0.0950. The van der Waals surface area contributed by atoms with Crippen LogP contribution in [0.25, 0.3) is 0 Å². The van der Waals surface area contributed by atoms with Crippen LogP contribution in [0.2, 0.25) is 0 Å². The Morgan fingerprint density at radius 1 is 0.966 bits per heavy atom. The lowest BCUT2D eigenvalue weighted by Gasteiger charge is -2.13. The molecule has 0 saturated carbocycles. The van der Waals surface area contributed by atoms with E-state index in [2.05, 4.69) is 15.6 Å². The first-order valence-electron chi connectivity index (χ1n) is 9.32. The van der Waals surface area contributed by atoms with Crippen LogP contribution in [0.1, 0.15) is 51.6 Å². The van der Waals surface area contributed by atoms with Crippen LogP contribution in [0.15, 0.2) is 67.0 Å². The largest absolute Gasteiger partial charge is 0.348 e. The van der Waals surface area contributed by atoms with E-state index in [4.69, 9.17) is 0 Å². The van der Waals surface area contributed by atoms with Crippen LogP contribution in [-0.4, -0.2) is 16.8 Å². The van der Waals surface area contributed by atoms with Gasteiger partial charge in [-0.2, -0.15) is 0 Å². The number of nitrogens with zero attached hydrogens (tertiary/aromatic N) is 1. The van der Waals surface area contributed by atoms with Crippen molar-refractivity contribution in [2.24, 2.45) is 0 Å². The number of aromatic nitrogens is 1. The van der Waals surface area contributed by atoms with Crippen molar-refractivity contribution < 1.29 is 14.0 Å². The number of amides is 2. The van der Waals surface area contributed by atoms with Crippen LogP contribution in [0.4, 0.5) is 10.1 Å².